The highest BCUT2D eigenvalue weighted by Gasteiger charge is 2.58. The SMILES string of the molecule is CN(C)CCCC(=O)Nc1ccc(O[C@H]2C[C@]3(C)[C@@H](O)CC[C@H]3[C@@H]3CCc4cc(O)ccc4[C@H]32)cc1C(F)(F)F. The van der Waals surface area contributed by atoms with E-state index < -0.39 is 29.9 Å². The summed E-state index contributed by atoms with van der Waals surface area (Å²) in [7, 11) is 3.74. The summed E-state index contributed by atoms with van der Waals surface area (Å²) >= 11 is 0. The average Bonchev–Trinajstić information content (AvgIpc) is 3.17. The van der Waals surface area contributed by atoms with Crippen molar-refractivity contribution in [3.05, 3.63) is 53.1 Å². The lowest BCUT2D eigenvalue weighted by atomic mass is 9.54. The molecule has 0 spiro atoms. The molecule has 0 radical (unpaired) electrons. The quantitative estimate of drug-likeness (QED) is 0.389. The van der Waals surface area contributed by atoms with Crippen LogP contribution in [0.5, 0.6) is 11.5 Å². The Morgan fingerprint density at radius 2 is 1.93 bits per heavy atom. The van der Waals surface area contributed by atoms with E-state index >= 15 is 0 Å². The van der Waals surface area contributed by atoms with E-state index in [1.807, 2.05) is 25.1 Å². The number of carbonyl (C=O) groups is 1. The monoisotopic (exact) mass is 560 g/mol. The fourth-order valence-electron chi connectivity index (χ4n) is 7.59. The molecule has 2 aromatic rings. The number of aliphatic hydroxyl groups excluding tert-OH is 1. The lowest BCUT2D eigenvalue weighted by Gasteiger charge is -2.53. The molecular formula is C31H39F3N2O4. The number of amides is 1. The van der Waals surface area contributed by atoms with Crippen molar-refractivity contribution in [3.63, 3.8) is 0 Å². The zero-order chi connectivity index (χ0) is 28.8. The van der Waals surface area contributed by atoms with Gasteiger partial charge in [-0.2, -0.15) is 13.2 Å². The number of aliphatic hydroxyl groups is 1. The largest absolute Gasteiger partial charge is 0.508 e. The first-order chi connectivity index (χ1) is 18.9. The van der Waals surface area contributed by atoms with Gasteiger partial charge < -0.3 is 25.2 Å². The van der Waals surface area contributed by atoms with Crippen LogP contribution >= 0.6 is 0 Å². The van der Waals surface area contributed by atoms with E-state index in [4.69, 9.17) is 4.74 Å². The van der Waals surface area contributed by atoms with Gasteiger partial charge in [-0.25, -0.2) is 0 Å². The van der Waals surface area contributed by atoms with Gasteiger partial charge in [-0.15, -0.1) is 0 Å². The first-order valence-electron chi connectivity index (χ1n) is 14.2. The number of aryl methyl sites for hydroxylation is 1. The number of ether oxygens (including phenoxy) is 1. The van der Waals surface area contributed by atoms with E-state index in [9.17, 15) is 28.2 Å². The second-order valence-corrected chi connectivity index (χ2v) is 12.3. The molecule has 6 nitrogen and oxygen atoms in total. The topological polar surface area (TPSA) is 82.0 Å². The lowest BCUT2D eigenvalue weighted by molar-refractivity contribution is -0.137. The van der Waals surface area contributed by atoms with E-state index in [1.165, 1.54) is 12.1 Å². The highest BCUT2D eigenvalue weighted by Crippen LogP contribution is 2.61. The van der Waals surface area contributed by atoms with Crippen molar-refractivity contribution in [3.8, 4) is 11.5 Å². The predicted molar refractivity (Wildman–Crippen MR) is 146 cm³/mol. The molecule has 5 rings (SSSR count). The lowest BCUT2D eigenvalue weighted by Crippen LogP contribution is -2.51. The number of benzene rings is 2. The Morgan fingerprint density at radius 1 is 1.15 bits per heavy atom. The van der Waals surface area contributed by atoms with Crippen LogP contribution in [0.25, 0.3) is 0 Å². The number of nitrogens with zero attached hydrogens (tertiary/aromatic N) is 1. The molecule has 2 aromatic carbocycles. The van der Waals surface area contributed by atoms with Crippen molar-refractivity contribution in [2.45, 2.75) is 76.2 Å². The van der Waals surface area contributed by atoms with Gasteiger partial charge in [0.1, 0.15) is 17.6 Å². The van der Waals surface area contributed by atoms with Gasteiger partial charge in [0.25, 0.3) is 0 Å². The number of halogens is 3. The van der Waals surface area contributed by atoms with E-state index in [1.54, 1.807) is 12.1 Å². The second-order valence-electron chi connectivity index (χ2n) is 12.3. The summed E-state index contributed by atoms with van der Waals surface area (Å²) < 4.78 is 48.8. The van der Waals surface area contributed by atoms with Crippen LogP contribution in [-0.4, -0.2) is 53.9 Å². The number of anilines is 1. The van der Waals surface area contributed by atoms with E-state index in [2.05, 4.69) is 12.2 Å². The molecule has 0 heterocycles. The van der Waals surface area contributed by atoms with E-state index in [-0.39, 0.29) is 40.9 Å². The van der Waals surface area contributed by atoms with Crippen molar-refractivity contribution in [1.82, 2.24) is 4.90 Å². The minimum atomic E-state index is -4.69. The normalized spacial score (nSPS) is 29.4. The zero-order valence-corrected chi connectivity index (χ0v) is 23.3. The number of phenolic OH excluding ortho intramolecular Hbond substituents is 1. The third-order valence-electron chi connectivity index (χ3n) is 9.48. The molecule has 40 heavy (non-hydrogen) atoms. The van der Waals surface area contributed by atoms with Crippen molar-refractivity contribution in [2.75, 3.05) is 26.0 Å². The molecule has 9 heteroatoms. The maximum atomic E-state index is 14.1. The third kappa shape index (κ3) is 5.55. The number of hydrogen-bond acceptors (Lipinski definition) is 5. The second kappa shape index (κ2) is 10.9. The Labute approximate surface area is 233 Å². The van der Waals surface area contributed by atoms with Gasteiger partial charge >= 0.3 is 6.18 Å². The summed E-state index contributed by atoms with van der Waals surface area (Å²) in [6.45, 7) is 2.75. The van der Waals surface area contributed by atoms with Gasteiger partial charge in [0.2, 0.25) is 5.91 Å². The standard InChI is InChI=1S/C31H39F3N2O4/c1-30-17-26(29-21-10-7-19(37)15-18(21)6-9-22(29)23(30)11-13-27(30)38)40-20-8-12-25(24(16-20)31(32,33)34)35-28(39)5-4-14-36(2)3/h7-8,10,12,15-16,22-23,26-27,29,37-38H,4-6,9,11,13-14,17H2,1-3H3,(H,35,39)/t22-,23-,26-,27-,29+,30-/m0/s1. The van der Waals surface area contributed by atoms with Crippen LogP contribution in [-0.2, 0) is 17.4 Å². The smallest absolute Gasteiger partial charge is 0.418 e. The van der Waals surface area contributed by atoms with Crippen molar-refractivity contribution < 1.29 is 32.9 Å². The Bertz CT molecular complexity index is 1250. The minimum Gasteiger partial charge on any atom is -0.508 e. The fourth-order valence-corrected chi connectivity index (χ4v) is 7.59. The summed E-state index contributed by atoms with van der Waals surface area (Å²) in [5.41, 5.74) is 0.499. The molecule has 2 saturated carbocycles. The molecule has 0 unspecified atom stereocenters. The number of fused-ring (bicyclic) bond motifs is 5. The summed E-state index contributed by atoms with van der Waals surface area (Å²) in [5, 5.41) is 23.5. The Balaban J connectivity index is 1.44. The number of aromatic hydroxyl groups is 1. The van der Waals surface area contributed by atoms with Crippen molar-refractivity contribution >= 4 is 11.6 Å². The van der Waals surface area contributed by atoms with E-state index in [0.29, 0.717) is 31.7 Å². The predicted octanol–water partition coefficient (Wildman–Crippen LogP) is 5.97. The minimum absolute atomic E-state index is 0.0573. The fraction of sp³-hybridized carbons (Fsp3) is 0.581. The Kier molecular flexibility index (Phi) is 7.83. The van der Waals surface area contributed by atoms with Gasteiger partial charge in [0, 0.05) is 17.8 Å². The number of hydrogen-bond donors (Lipinski definition) is 3. The highest BCUT2D eigenvalue weighted by atomic mass is 19.4. The van der Waals surface area contributed by atoms with Crippen molar-refractivity contribution in [1.29, 1.82) is 0 Å². The first kappa shape index (κ1) is 28.7. The van der Waals surface area contributed by atoms with Crippen LogP contribution in [0.2, 0.25) is 0 Å². The van der Waals surface area contributed by atoms with Crippen LogP contribution in [0.3, 0.4) is 0 Å². The van der Waals surface area contributed by atoms with Crippen LogP contribution < -0.4 is 10.1 Å². The molecule has 1 amide bonds. The first-order valence-corrected chi connectivity index (χ1v) is 14.2. The van der Waals surface area contributed by atoms with Crippen LogP contribution in [0.15, 0.2) is 36.4 Å². The molecule has 218 valence electrons. The van der Waals surface area contributed by atoms with Gasteiger partial charge in [-0.1, -0.05) is 13.0 Å². The molecule has 0 bridgehead atoms. The Hall–Kier alpha value is -2.78. The molecule has 2 fully saturated rings. The maximum absolute atomic E-state index is 14.1. The summed E-state index contributed by atoms with van der Waals surface area (Å²) in [6.07, 6.45) is -1.13. The number of carbonyl (C=O) groups excluding carboxylic acids is 1. The summed E-state index contributed by atoms with van der Waals surface area (Å²) in [5.74, 6) is 0.277. The maximum Gasteiger partial charge on any atom is 0.418 e. The molecule has 3 aliphatic rings. The van der Waals surface area contributed by atoms with Gasteiger partial charge in [-0.3, -0.25) is 4.79 Å². The van der Waals surface area contributed by atoms with Crippen LogP contribution in [0, 0.1) is 17.3 Å². The van der Waals surface area contributed by atoms with E-state index in [0.717, 1.165) is 36.5 Å². The summed E-state index contributed by atoms with van der Waals surface area (Å²) in [4.78, 5) is 14.3. The van der Waals surface area contributed by atoms with Gasteiger partial charge in [0.15, 0.2) is 0 Å². The molecule has 0 aromatic heterocycles. The molecule has 6 atom stereocenters. The number of rotatable bonds is 7. The summed E-state index contributed by atoms with van der Waals surface area (Å²) in [6, 6.07) is 9.08. The average molecular weight is 561 g/mol. The molecule has 0 aliphatic heterocycles. The molecule has 3 N–H and O–H groups in total. The van der Waals surface area contributed by atoms with Gasteiger partial charge in [0.05, 0.1) is 17.4 Å². The van der Waals surface area contributed by atoms with Gasteiger partial charge in [-0.05, 0) is 112 Å². The number of nitrogens with one attached hydrogen (secondary N) is 1. The number of alkyl halides is 3. The highest BCUT2D eigenvalue weighted by molar-refractivity contribution is 5.91. The van der Waals surface area contributed by atoms with Crippen molar-refractivity contribution in [2.24, 2.45) is 17.3 Å². The third-order valence-corrected chi connectivity index (χ3v) is 9.48. The van der Waals surface area contributed by atoms with Crippen LogP contribution in [0.1, 0.15) is 68.1 Å². The zero-order valence-electron chi connectivity index (χ0n) is 23.3. The molecule has 0 saturated heterocycles. The molecular weight excluding hydrogens is 521 g/mol. The van der Waals surface area contributed by atoms with Crippen LogP contribution in [0.4, 0.5) is 18.9 Å². The Morgan fingerprint density at radius 3 is 2.65 bits per heavy atom. The molecule has 3 aliphatic carbocycles. The number of phenols is 1.